The molecule has 4 N–H and O–H groups in total. The Morgan fingerprint density at radius 2 is 1.77 bits per heavy atom. The number of carbonyl (C=O) groups is 4. The first-order chi connectivity index (χ1) is 16.9. The summed E-state index contributed by atoms with van der Waals surface area (Å²) >= 11 is 0. The van der Waals surface area contributed by atoms with Gasteiger partial charge in [-0.25, -0.2) is 0 Å². The molecule has 35 heavy (non-hydrogen) atoms. The lowest BCUT2D eigenvalue weighted by Gasteiger charge is -2.23. The van der Waals surface area contributed by atoms with Crippen LogP contribution in [0.3, 0.4) is 0 Å². The summed E-state index contributed by atoms with van der Waals surface area (Å²) < 4.78 is 0. The summed E-state index contributed by atoms with van der Waals surface area (Å²) in [6, 6.07) is 11.9. The van der Waals surface area contributed by atoms with Crippen molar-refractivity contribution in [3.63, 3.8) is 0 Å². The predicted octanol–water partition coefficient (Wildman–Crippen LogP) is 0.709. The molecular formula is C25H32N6O4. The maximum absolute atomic E-state index is 13.0. The highest BCUT2D eigenvalue weighted by Gasteiger charge is 2.23. The Kier molecular flexibility index (Phi) is 9.58. The fourth-order valence-corrected chi connectivity index (χ4v) is 3.75. The van der Waals surface area contributed by atoms with Crippen LogP contribution in [0.25, 0.3) is 0 Å². The van der Waals surface area contributed by atoms with Crippen molar-refractivity contribution in [2.24, 2.45) is 0 Å². The molecule has 1 atom stereocenters. The molecule has 0 aliphatic carbocycles. The van der Waals surface area contributed by atoms with E-state index in [0.29, 0.717) is 51.1 Å². The van der Waals surface area contributed by atoms with Crippen molar-refractivity contribution in [3.05, 3.63) is 59.9 Å². The van der Waals surface area contributed by atoms with E-state index in [0.717, 1.165) is 5.56 Å². The average Bonchev–Trinajstić information content (AvgIpc) is 2.85. The molecule has 1 aromatic carbocycles. The molecule has 2 bridgehead atoms. The number of hydrogen-bond acceptors (Lipinski definition) is 6. The third-order valence-electron chi connectivity index (χ3n) is 5.63. The molecule has 1 aliphatic rings. The standard InChI is InChI=1S/C25H32N6O4/c1-18(32)31-14-5-8-23(33)28-12-11-26-20-9-10-27-21(17-20)25(35)30-22(24(34)29-13-15-31)16-19-6-3-2-4-7-19/h2-4,6-7,9-10,17,22,26H,5,8,11-16H2,1H3,(H,28,33)(H,29,34)(H,30,35)/t22-/m0/s1. The number of fused-ring (bicyclic) bond motifs is 2. The molecule has 2 aromatic rings. The number of hydrogen-bond donors (Lipinski definition) is 4. The second kappa shape index (κ2) is 13.1. The molecule has 186 valence electrons. The monoisotopic (exact) mass is 480 g/mol. The van der Waals surface area contributed by atoms with Gasteiger partial charge in [-0.1, -0.05) is 30.3 Å². The van der Waals surface area contributed by atoms with Gasteiger partial charge in [0.1, 0.15) is 11.7 Å². The Balaban J connectivity index is 1.78. The van der Waals surface area contributed by atoms with E-state index in [4.69, 9.17) is 0 Å². The SMILES string of the molecule is CC(=O)N1CCCC(=O)NCCNc2ccnc(c2)C(=O)N[C@@H](Cc2ccccc2)C(=O)NCC1. The Morgan fingerprint density at radius 3 is 2.54 bits per heavy atom. The van der Waals surface area contributed by atoms with Crippen molar-refractivity contribution >= 4 is 29.3 Å². The lowest BCUT2D eigenvalue weighted by Crippen LogP contribution is -2.49. The second-order valence-corrected chi connectivity index (χ2v) is 8.32. The van der Waals surface area contributed by atoms with Crippen LogP contribution in [0.1, 0.15) is 35.8 Å². The fraction of sp³-hybridized carbons (Fsp3) is 0.400. The lowest BCUT2D eigenvalue weighted by molar-refractivity contribution is -0.130. The topological polar surface area (TPSA) is 133 Å². The van der Waals surface area contributed by atoms with E-state index in [2.05, 4.69) is 26.3 Å². The molecule has 0 saturated carbocycles. The van der Waals surface area contributed by atoms with E-state index < -0.39 is 11.9 Å². The molecular weight excluding hydrogens is 448 g/mol. The molecule has 4 amide bonds. The van der Waals surface area contributed by atoms with Gasteiger partial charge in [-0.05, 0) is 24.1 Å². The van der Waals surface area contributed by atoms with Gasteiger partial charge in [0.2, 0.25) is 17.7 Å². The molecule has 3 rings (SSSR count). The smallest absolute Gasteiger partial charge is 0.270 e. The third-order valence-corrected chi connectivity index (χ3v) is 5.63. The van der Waals surface area contributed by atoms with E-state index in [-0.39, 0.29) is 30.0 Å². The van der Waals surface area contributed by atoms with Gasteiger partial charge < -0.3 is 26.2 Å². The van der Waals surface area contributed by atoms with Crippen LogP contribution in [0.2, 0.25) is 0 Å². The van der Waals surface area contributed by atoms with Gasteiger partial charge in [0, 0.05) is 64.4 Å². The zero-order valence-corrected chi connectivity index (χ0v) is 19.9. The van der Waals surface area contributed by atoms with Gasteiger partial charge in [-0.15, -0.1) is 0 Å². The van der Waals surface area contributed by atoms with Crippen LogP contribution in [0.5, 0.6) is 0 Å². The molecule has 0 unspecified atom stereocenters. The van der Waals surface area contributed by atoms with E-state index in [1.54, 1.807) is 17.0 Å². The van der Waals surface area contributed by atoms with Crippen LogP contribution in [-0.4, -0.2) is 72.3 Å². The zero-order chi connectivity index (χ0) is 25.0. The Labute approximate surface area is 204 Å². The fourth-order valence-electron chi connectivity index (χ4n) is 3.75. The first-order valence-electron chi connectivity index (χ1n) is 11.8. The first-order valence-corrected chi connectivity index (χ1v) is 11.8. The van der Waals surface area contributed by atoms with Crippen LogP contribution in [0.15, 0.2) is 48.7 Å². The minimum absolute atomic E-state index is 0.0972. The van der Waals surface area contributed by atoms with Crippen LogP contribution in [0, 0.1) is 0 Å². The zero-order valence-electron chi connectivity index (χ0n) is 19.9. The predicted molar refractivity (Wildman–Crippen MR) is 132 cm³/mol. The molecule has 10 heteroatoms. The van der Waals surface area contributed by atoms with E-state index in [9.17, 15) is 19.2 Å². The van der Waals surface area contributed by atoms with Gasteiger partial charge in [0.15, 0.2) is 0 Å². The number of aromatic nitrogens is 1. The van der Waals surface area contributed by atoms with E-state index in [1.807, 2.05) is 30.3 Å². The number of rotatable bonds is 2. The van der Waals surface area contributed by atoms with Crippen LogP contribution in [0.4, 0.5) is 5.69 Å². The first kappa shape index (κ1) is 25.7. The van der Waals surface area contributed by atoms with E-state index >= 15 is 0 Å². The van der Waals surface area contributed by atoms with Gasteiger partial charge in [0.05, 0.1) is 0 Å². The maximum atomic E-state index is 13.0. The number of nitrogens with zero attached hydrogens (tertiary/aromatic N) is 2. The van der Waals surface area contributed by atoms with E-state index in [1.165, 1.54) is 13.1 Å². The van der Waals surface area contributed by atoms with Crippen LogP contribution in [-0.2, 0) is 20.8 Å². The summed E-state index contributed by atoms with van der Waals surface area (Å²) in [4.78, 5) is 55.8. The van der Waals surface area contributed by atoms with Gasteiger partial charge in [-0.2, -0.15) is 0 Å². The molecule has 0 spiro atoms. The third kappa shape index (κ3) is 8.40. The summed E-state index contributed by atoms with van der Waals surface area (Å²) in [7, 11) is 0. The van der Waals surface area contributed by atoms with Crippen molar-refractivity contribution in [3.8, 4) is 0 Å². The minimum Gasteiger partial charge on any atom is -0.383 e. The number of anilines is 1. The molecule has 1 aromatic heterocycles. The van der Waals surface area contributed by atoms with Gasteiger partial charge >= 0.3 is 0 Å². The Hall–Kier alpha value is -3.95. The number of nitrogens with one attached hydrogen (secondary N) is 4. The summed E-state index contributed by atoms with van der Waals surface area (Å²) in [6.45, 7) is 3.29. The average molecular weight is 481 g/mol. The number of amides is 4. The van der Waals surface area contributed by atoms with Crippen LogP contribution < -0.4 is 21.3 Å². The highest BCUT2D eigenvalue weighted by atomic mass is 16.2. The molecule has 10 nitrogen and oxygen atoms in total. The lowest BCUT2D eigenvalue weighted by atomic mass is 10.0. The maximum Gasteiger partial charge on any atom is 0.270 e. The number of benzene rings is 1. The molecule has 0 radical (unpaired) electrons. The van der Waals surface area contributed by atoms with Crippen molar-refractivity contribution in [1.82, 2.24) is 25.8 Å². The molecule has 1 aliphatic heterocycles. The summed E-state index contributed by atoms with van der Waals surface area (Å²) in [6.07, 6.45) is 2.64. The molecule has 2 heterocycles. The van der Waals surface area contributed by atoms with Crippen molar-refractivity contribution in [2.45, 2.75) is 32.2 Å². The van der Waals surface area contributed by atoms with Crippen LogP contribution >= 0.6 is 0 Å². The number of pyridine rings is 1. The molecule has 0 fully saturated rings. The summed E-state index contributed by atoms with van der Waals surface area (Å²) in [5.41, 5.74) is 1.75. The Morgan fingerprint density at radius 1 is 1.00 bits per heavy atom. The molecule has 0 saturated heterocycles. The number of carbonyl (C=O) groups excluding carboxylic acids is 4. The minimum atomic E-state index is -0.821. The second-order valence-electron chi connectivity index (χ2n) is 8.32. The van der Waals surface area contributed by atoms with Crippen molar-refractivity contribution in [2.75, 3.05) is 38.0 Å². The normalized spacial score (nSPS) is 18.6. The summed E-state index contributed by atoms with van der Waals surface area (Å²) in [5.74, 6) is -1.05. The largest absolute Gasteiger partial charge is 0.383 e. The Bertz CT molecular complexity index is 1030. The van der Waals surface area contributed by atoms with Crippen molar-refractivity contribution in [1.29, 1.82) is 0 Å². The summed E-state index contributed by atoms with van der Waals surface area (Å²) in [5, 5.41) is 11.6. The quantitative estimate of drug-likeness (QED) is 0.501. The van der Waals surface area contributed by atoms with Crippen molar-refractivity contribution < 1.29 is 19.2 Å². The highest BCUT2D eigenvalue weighted by Crippen LogP contribution is 2.09. The highest BCUT2D eigenvalue weighted by molar-refractivity contribution is 5.96. The van der Waals surface area contributed by atoms with Gasteiger partial charge in [-0.3, -0.25) is 24.2 Å². The van der Waals surface area contributed by atoms with Gasteiger partial charge in [0.25, 0.3) is 5.91 Å².